The maximum absolute atomic E-state index is 8.36. The zero-order valence-corrected chi connectivity index (χ0v) is 8.65. The average molecular weight is 208 g/mol. The van der Waals surface area contributed by atoms with Crippen molar-refractivity contribution in [1.82, 2.24) is 0 Å². The highest BCUT2D eigenvalue weighted by atomic mass is 16.5. The van der Waals surface area contributed by atoms with Crippen LogP contribution in [-0.2, 0) is 14.3 Å². The summed E-state index contributed by atoms with van der Waals surface area (Å²) < 4.78 is 10.2. The van der Waals surface area contributed by atoms with Crippen molar-refractivity contribution in [1.29, 1.82) is 0 Å². The zero-order valence-electron chi connectivity index (χ0n) is 8.65. The molecule has 0 spiro atoms. The highest BCUT2D eigenvalue weighted by molar-refractivity contribution is 5.32. The first kappa shape index (κ1) is 15.8. The third kappa shape index (κ3) is 22.5. The van der Waals surface area contributed by atoms with E-state index >= 15 is 0 Å². The number of hydrogen-bond donors (Lipinski definition) is 2. The van der Waals surface area contributed by atoms with Crippen LogP contribution in [0.15, 0.2) is 0 Å². The van der Waals surface area contributed by atoms with Crippen LogP contribution in [0.3, 0.4) is 0 Å². The fourth-order valence-corrected chi connectivity index (χ4v) is 0.633. The molecule has 0 heterocycles. The largest absolute Gasteiger partial charge is 0.483 e. The minimum absolute atomic E-state index is 0.0922. The van der Waals surface area contributed by atoms with E-state index in [0.717, 1.165) is 19.4 Å². The Morgan fingerprint density at radius 3 is 2.07 bits per heavy atom. The van der Waals surface area contributed by atoms with Gasteiger partial charge in [-0.15, -0.1) is 0 Å². The third-order valence-electron chi connectivity index (χ3n) is 1.25. The van der Waals surface area contributed by atoms with Gasteiger partial charge in [0.25, 0.3) is 6.47 Å². The number of aliphatic hydroxyl groups is 1. The summed E-state index contributed by atoms with van der Waals surface area (Å²) in [6.07, 6.45) is 2.28. The molecule has 0 saturated carbocycles. The lowest BCUT2D eigenvalue weighted by Crippen LogP contribution is -2.07. The number of carboxylic acid groups (broad SMARTS) is 1. The normalized spacial score (nSPS) is 9.00. The number of ether oxygens (including phenoxy) is 2. The van der Waals surface area contributed by atoms with Crippen molar-refractivity contribution < 1.29 is 24.5 Å². The molecule has 0 saturated heterocycles. The molecule has 0 rings (SSSR count). The molecule has 0 aliphatic rings. The highest BCUT2D eigenvalue weighted by Crippen LogP contribution is 1.87. The molecule has 0 amide bonds. The second-order valence-electron chi connectivity index (χ2n) is 2.41. The van der Waals surface area contributed by atoms with Gasteiger partial charge in [-0.25, -0.2) is 0 Å². The molecule has 0 unspecified atom stereocenters. The molecule has 14 heavy (non-hydrogen) atoms. The molecule has 86 valence electrons. The van der Waals surface area contributed by atoms with Crippen molar-refractivity contribution in [2.75, 3.05) is 33.0 Å². The minimum Gasteiger partial charge on any atom is -0.483 e. The first-order valence-electron chi connectivity index (χ1n) is 4.67. The standard InChI is InChI=1S/C8H18O3.CH2O2/c1-2-3-5-10-7-8-11-6-4-9;2-1-3/h9H,2-8H2,1H3;1H,(H,2,3). The third-order valence-corrected chi connectivity index (χ3v) is 1.25. The Hall–Kier alpha value is -0.650. The van der Waals surface area contributed by atoms with E-state index in [2.05, 4.69) is 6.92 Å². The van der Waals surface area contributed by atoms with Crippen molar-refractivity contribution in [3.05, 3.63) is 0 Å². The van der Waals surface area contributed by atoms with Crippen molar-refractivity contribution in [2.24, 2.45) is 0 Å². The van der Waals surface area contributed by atoms with Gasteiger partial charge in [-0.05, 0) is 6.42 Å². The van der Waals surface area contributed by atoms with E-state index in [1.54, 1.807) is 0 Å². The average Bonchev–Trinajstić information content (AvgIpc) is 2.18. The SMILES string of the molecule is CCCCOCCOCCO.O=CO. The summed E-state index contributed by atoms with van der Waals surface area (Å²) in [4.78, 5) is 8.36. The van der Waals surface area contributed by atoms with E-state index in [-0.39, 0.29) is 13.1 Å². The smallest absolute Gasteiger partial charge is 0.290 e. The molecule has 0 bridgehead atoms. The molecule has 0 aliphatic heterocycles. The van der Waals surface area contributed by atoms with Gasteiger partial charge in [-0.1, -0.05) is 13.3 Å². The first-order chi connectivity index (χ1) is 6.83. The van der Waals surface area contributed by atoms with Gasteiger partial charge in [0.2, 0.25) is 0 Å². The van der Waals surface area contributed by atoms with Crippen LogP contribution < -0.4 is 0 Å². The second kappa shape index (κ2) is 18.2. The lowest BCUT2D eigenvalue weighted by atomic mass is 10.4. The number of unbranched alkanes of at least 4 members (excludes halogenated alkanes) is 1. The Balaban J connectivity index is 0. The fraction of sp³-hybridized carbons (Fsp3) is 0.889. The van der Waals surface area contributed by atoms with E-state index in [1.807, 2.05) is 0 Å². The second-order valence-corrected chi connectivity index (χ2v) is 2.41. The summed E-state index contributed by atoms with van der Waals surface area (Å²) >= 11 is 0. The summed E-state index contributed by atoms with van der Waals surface area (Å²) in [5, 5.41) is 15.2. The number of hydrogen-bond acceptors (Lipinski definition) is 4. The van der Waals surface area contributed by atoms with E-state index < -0.39 is 0 Å². The van der Waals surface area contributed by atoms with Crippen LogP contribution in [0.1, 0.15) is 19.8 Å². The summed E-state index contributed by atoms with van der Waals surface area (Å²) in [6.45, 7) is 4.43. The van der Waals surface area contributed by atoms with Crippen LogP contribution in [-0.4, -0.2) is 49.7 Å². The zero-order chi connectivity index (χ0) is 11.1. The summed E-state index contributed by atoms with van der Waals surface area (Å²) in [7, 11) is 0. The van der Waals surface area contributed by atoms with Crippen LogP contribution >= 0.6 is 0 Å². The van der Waals surface area contributed by atoms with Gasteiger partial charge in [0, 0.05) is 6.61 Å². The van der Waals surface area contributed by atoms with Crippen molar-refractivity contribution >= 4 is 6.47 Å². The molecule has 0 atom stereocenters. The van der Waals surface area contributed by atoms with Crippen LogP contribution in [0.2, 0.25) is 0 Å². The van der Waals surface area contributed by atoms with Gasteiger partial charge in [0.1, 0.15) is 0 Å². The predicted octanol–water partition coefficient (Wildman–Crippen LogP) is 0.513. The van der Waals surface area contributed by atoms with Crippen LogP contribution in [0.4, 0.5) is 0 Å². The molecule has 0 aromatic rings. The van der Waals surface area contributed by atoms with E-state index in [9.17, 15) is 0 Å². The molecular formula is C9H20O5. The summed E-state index contributed by atoms with van der Waals surface area (Å²) in [5.74, 6) is 0. The minimum atomic E-state index is -0.250. The molecule has 5 nitrogen and oxygen atoms in total. The number of aliphatic hydroxyl groups excluding tert-OH is 1. The predicted molar refractivity (Wildman–Crippen MR) is 52.3 cm³/mol. The molecular weight excluding hydrogens is 188 g/mol. The quantitative estimate of drug-likeness (QED) is 0.449. The lowest BCUT2D eigenvalue weighted by molar-refractivity contribution is -0.122. The monoisotopic (exact) mass is 208 g/mol. The van der Waals surface area contributed by atoms with Crippen LogP contribution in [0.25, 0.3) is 0 Å². The molecule has 0 radical (unpaired) electrons. The van der Waals surface area contributed by atoms with E-state index in [1.165, 1.54) is 0 Å². The Morgan fingerprint density at radius 1 is 1.14 bits per heavy atom. The summed E-state index contributed by atoms with van der Waals surface area (Å²) in [6, 6.07) is 0. The topological polar surface area (TPSA) is 76.0 Å². The maximum atomic E-state index is 8.36. The molecule has 0 aromatic carbocycles. The molecule has 0 aliphatic carbocycles. The van der Waals surface area contributed by atoms with Crippen molar-refractivity contribution in [2.45, 2.75) is 19.8 Å². The fourth-order valence-electron chi connectivity index (χ4n) is 0.633. The summed E-state index contributed by atoms with van der Waals surface area (Å²) in [5.41, 5.74) is 0. The van der Waals surface area contributed by atoms with Gasteiger partial charge in [0.15, 0.2) is 0 Å². The van der Waals surface area contributed by atoms with Gasteiger partial charge in [-0.3, -0.25) is 4.79 Å². The van der Waals surface area contributed by atoms with Crippen molar-refractivity contribution in [3.8, 4) is 0 Å². The van der Waals surface area contributed by atoms with E-state index in [0.29, 0.717) is 19.8 Å². The van der Waals surface area contributed by atoms with Crippen molar-refractivity contribution in [3.63, 3.8) is 0 Å². The van der Waals surface area contributed by atoms with Gasteiger partial charge < -0.3 is 19.7 Å². The Kier molecular flexibility index (Phi) is 20.5. The maximum Gasteiger partial charge on any atom is 0.290 e. The van der Waals surface area contributed by atoms with Crippen LogP contribution in [0.5, 0.6) is 0 Å². The van der Waals surface area contributed by atoms with E-state index in [4.69, 9.17) is 24.5 Å². The molecule has 5 heteroatoms. The molecule has 0 aromatic heterocycles. The Labute approximate surface area is 84.6 Å². The van der Waals surface area contributed by atoms with Gasteiger partial charge in [0.05, 0.1) is 26.4 Å². The Bertz CT molecular complexity index is 89.2. The molecule has 2 N–H and O–H groups in total. The van der Waals surface area contributed by atoms with Crippen LogP contribution in [0, 0.1) is 0 Å². The highest BCUT2D eigenvalue weighted by Gasteiger charge is 1.87. The first-order valence-corrected chi connectivity index (χ1v) is 4.67. The number of rotatable bonds is 8. The Morgan fingerprint density at radius 2 is 1.64 bits per heavy atom. The molecule has 0 fully saturated rings. The van der Waals surface area contributed by atoms with Gasteiger partial charge >= 0.3 is 0 Å². The number of carbonyl (C=O) groups is 1. The van der Waals surface area contributed by atoms with Gasteiger partial charge in [-0.2, -0.15) is 0 Å². The lowest BCUT2D eigenvalue weighted by Gasteiger charge is -2.02.